The largest absolute Gasteiger partial charge is 0.493 e. The van der Waals surface area contributed by atoms with Crippen molar-refractivity contribution in [2.45, 2.75) is 39.0 Å². The van der Waals surface area contributed by atoms with Crippen molar-refractivity contribution in [3.8, 4) is 5.75 Å². The van der Waals surface area contributed by atoms with Gasteiger partial charge >= 0.3 is 5.97 Å². The summed E-state index contributed by atoms with van der Waals surface area (Å²) in [6.45, 7) is 5.45. The van der Waals surface area contributed by atoms with E-state index in [2.05, 4.69) is 30.0 Å². The Hall–Kier alpha value is -2.66. The summed E-state index contributed by atoms with van der Waals surface area (Å²) in [6.07, 6.45) is 5.34. The normalized spacial score (nSPS) is 19.6. The van der Waals surface area contributed by atoms with Crippen LogP contribution < -0.4 is 4.74 Å². The van der Waals surface area contributed by atoms with Gasteiger partial charge in [-0.25, -0.2) is 4.39 Å². The molecule has 2 aromatic carbocycles. The number of rotatable bonds is 8. The van der Waals surface area contributed by atoms with E-state index in [0.29, 0.717) is 6.61 Å². The Bertz CT molecular complexity index is 1070. The summed E-state index contributed by atoms with van der Waals surface area (Å²) in [7, 11) is 1.46. The van der Waals surface area contributed by atoms with Crippen LogP contribution in [0.1, 0.15) is 42.9 Å². The van der Waals surface area contributed by atoms with Gasteiger partial charge in [0.1, 0.15) is 11.6 Å². The first-order chi connectivity index (χ1) is 15.9. The molecule has 0 spiro atoms. The number of carbonyl (C=O) groups excluding carboxylic acids is 1. The lowest BCUT2D eigenvalue weighted by Gasteiger charge is -2.39. The van der Waals surface area contributed by atoms with Crippen LogP contribution in [0.15, 0.2) is 48.0 Å². The third-order valence-corrected chi connectivity index (χ3v) is 7.61. The number of allylic oxidation sites excluding steroid dienone is 1. The number of benzene rings is 2. The molecule has 174 valence electrons. The van der Waals surface area contributed by atoms with Gasteiger partial charge in [-0.2, -0.15) is 0 Å². The molecule has 1 saturated carbocycles. The monoisotopic (exact) mass is 449 g/mol. The lowest BCUT2D eigenvalue weighted by atomic mass is 9.85. The first kappa shape index (κ1) is 22.1. The van der Waals surface area contributed by atoms with E-state index >= 15 is 0 Å². The number of ether oxygens (including phenoxy) is 2. The number of esters is 1. The van der Waals surface area contributed by atoms with Crippen molar-refractivity contribution in [1.82, 2.24) is 4.90 Å². The van der Waals surface area contributed by atoms with Crippen molar-refractivity contribution in [1.29, 1.82) is 0 Å². The standard InChI is InChI=1S/C28H32FNO3/c1-19-22(15-30-16-23(17-30)27(31)32-2)6-5-21-13-25(9-10-26(19)21)33-18-28(11-12-28)14-20-3-7-24(29)8-4-20/h3-4,7-10,13,23H,5-6,11-12,14-18H2,1-2H3. The zero-order valence-corrected chi connectivity index (χ0v) is 19.5. The molecule has 1 saturated heterocycles. The first-order valence-electron chi connectivity index (χ1n) is 11.9. The molecule has 0 unspecified atom stereocenters. The lowest BCUT2D eigenvalue weighted by molar-refractivity contribution is -0.151. The molecule has 3 aliphatic rings. The maximum atomic E-state index is 13.2. The zero-order chi connectivity index (χ0) is 23.0. The van der Waals surface area contributed by atoms with Crippen molar-refractivity contribution in [3.05, 3.63) is 70.5 Å². The van der Waals surface area contributed by atoms with Crippen LogP contribution in [0.25, 0.3) is 5.57 Å². The third kappa shape index (κ3) is 4.84. The number of fused-ring (bicyclic) bond motifs is 1. The molecule has 2 aromatic rings. The Morgan fingerprint density at radius 1 is 1.12 bits per heavy atom. The highest BCUT2D eigenvalue weighted by molar-refractivity contribution is 5.74. The number of hydrogen-bond acceptors (Lipinski definition) is 4. The van der Waals surface area contributed by atoms with Gasteiger partial charge in [-0.1, -0.05) is 23.8 Å². The van der Waals surface area contributed by atoms with Crippen LogP contribution in [0.2, 0.25) is 0 Å². The summed E-state index contributed by atoms with van der Waals surface area (Å²) in [5.74, 6) is 0.698. The van der Waals surface area contributed by atoms with Crippen LogP contribution in [0.5, 0.6) is 5.75 Å². The van der Waals surface area contributed by atoms with Gasteiger partial charge in [0.25, 0.3) is 0 Å². The molecule has 0 amide bonds. The minimum absolute atomic E-state index is 0.0318. The van der Waals surface area contributed by atoms with E-state index in [1.807, 2.05) is 12.1 Å². The quantitative estimate of drug-likeness (QED) is 0.529. The fourth-order valence-corrected chi connectivity index (χ4v) is 5.20. The van der Waals surface area contributed by atoms with Crippen LogP contribution >= 0.6 is 0 Å². The van der Waals surface area contributed by atoms with Gasteiger partial charge in [-0.3, -0.25) is 9.69 Å². The summed E-state index contributed by atoms with van der Waals surface area (Å²) in [4.78, 5) is 14.0. The van der Waals surface area contributed by atoms with Gasteiger partial charge in [-0.15, -0.1) is 0 Å². The van der Waals surface area contributed by atoms with E-state index in [0.717, 1.165) is 57.5 Å². The van der Waals surface area contributed by atoms with Crippen LogP contribution in [-0.4, -0.2) is 44.2 Å². The summed E-state index contributed by atoms with van der Waals surface area (Å²) in [5, 5.41) is 0. The minimum atomic E-state index is -0.184. The SMILES string of the molecule is COC(=O)C1CN(CC2=C(C)c3ccc(OCC4(Cc5ccc(F)cc5)CC4)cc3CC2)C1. The number of nitrogens with zero attached hydrogens (tertiary/aromatic N) is 1. The van der Waals surface area contributed by atoms with Gasteiger partial charge in [0.2, 0.25) is 0 Å². The Morgan fingerprint density at radius 3 is 2.58 bits per heavy atom. The van der Waals surface area contributed by atoms with E-state index < -0.39 is 0 Å². The second-order valence-electron chi connectivity index (χ2n) is 10.1. The molecule has 5 rings (SSSR count). The van der Waals surface area contributed by atoms with Gasteiger partial charge in [0, 0.05) is 25.0 Å². The number of hydrogen-bond donors (Lipinski definition) is 0. The Kier molecular flexibility index (Phi) is 6.00. The van der Waals surface area contributed by atoms with Crippen LogP contribution in [0.4, 0.5) is 4.39 Å². The highest BCUT2D eigenvalue weighted by Gasteiger charge is 2.43. The van der Waals surface area contributed by atoms with E-state index in [-0.39, 0.29) is 23.1 Å². The molecule has 0 radical (unpaired) electrons. The molecule has 1 heterocycles. The Balaban J connectivity index is 1.19. The van der Waals surface area contributed by atoms with E-state index in [9.17, 15) is 9.18 Å². The maximum absolute atomic E-state index is 13.2. The number of likely N-dealkylation sites (tertiary alicyclic amines) is 1. The second kappa shape index (κ2) is 8.94. The molecule has 4 nitrogen and oxygen atoms in total. The molecule has 2 fully saturated rings. The number of carbonyl (C=O) groups is 1. The summed E-state index contributed by atoms with van der Waals surface area (Å²) >= 11 is 0. The number of aryl methyl sites for hydroxylation is 1. The van der Waals surface area contributed by atoms with Gasteiger partial charge in [-0.05, 0) is 85.6 Å². The van der Waals surface area contributed by atoms with Gasteiger partial charge < -0.3 is 9.47 Å². The predicted molar refractivity (Wildman–Crippen MR) is 127 cm³/mol. The number of methoxy groups -OCH3 is 1. The average molecular weight is 450 g/mol. The van der Waals surface area contributed by atoms with Crippen LogP contribution in [0, 0.1) is 17.2 Å². The van der Waals surface area contributed by atoms with Crippen molar-refractivity contribution in [2.75, 3.05) is 33.4 Å². The first-order valence-corrected chi connectivity index (χ1v) is 11.9. The lowest BCUT2D eigenvalue weighted by Crippen LogP contribution is -2.51. The predicted octanol–water partition coefficient (Wildman–Crippen LogP) is 5.05. The van der Waals surface area contributed by atoms with Gasteiger partial charge in [0.15, 0.2) is 0 Å². The second-order valence-corrected chi connectivity index (χ2v) is 10.1. The highest BCUT2D eigenvalue weighted by Crippen LogP contribution is 2.48. The van der Waals surface area contributed by atoms with Crippen molar-refractivity contribution in [3.63, 3.8) is 0 Å². The van der Waals surface area contributed by atoms with Crippen molar-refractivity contribution < 1.29 is 18.7 Å². The topological polar surface area (TPSA) is 38.8 Å². The van der Waals surface area contributed by atoms with Crippen LogP contribution in [-0.2, 0) is 22.4 Å². The average Bonchev–Trinajstić information content (AvgIpc) is 3.56. The molecule has 5 heteroatoms. The maximum Gasteiger partial charge on any atom is 0.311 e. The molecular formula is C28H32FNO3. The Morgan fingerprint density at radius 2 is 1.88 bits per heavy atom. The molecule has 0 N–H and O–H groups in total. The molecule has 0 atom stereocenters. The summed E-state index contributed by atoms with van der Waals surface area (Å²) < 4.78 is 24.3. The fourth-order valence-electron chi connectivity index (χ4n) is 5.20. The van der Waals surface area contributed by atoms with Crippen molar-refractivity contribution >= 4 is 11.5 Å². The molecule has 33 heavy (non-hydrogen) atoms. The summed E-state index contributed by atoms with van der Waals surface area (Å²) in [6, 6.07) is 13.4. The smallest absolute Gasteiger partial charge is 0.311 e. The zero-order valence-electron chi connectivity index (χ0n) is 19.5. The van der Waals surface area contributed by atoms with Crippen molar-refractivity contribution in [2.24, 2.45) is 11.3 Å². The summed E-state index contributed by atoms with van der Waals surface area (Å²) in [5.41, 5.74) is 6.87. The number of halogens is 1. The van der Waals surface area contributed by atoms with Gasteiger partial charge in [0.05, 0.1) is 19.6 Å². The van der Waals surface area contributed by atoms with E-state index in [1.165, 1.54) is 34.9 Å². The molecular weight excluding hydrogens is 417 g/mol. The molecule has 0 aromatic heterocycles. The highest BCUT2D eigenvalue weighted by atomic mass is 19.1. The third-order valence-electron chi connectivity index (χ3n) is 7.61. The molecule has 0 bridgehead atoms. The fraction of sp³-hybridized carbons (Fsp3) is 0.464. The van der Waals surface area contributed by atoms with E-state index in [4.69, 9.17) is 9.47 Å². The van der Waals surface area contributed by atoms with E-state index in [1.54, 1.807) is 12.1 Å². The van der Waals surface area contributed by atoms with Crippen LogP contribution in [0.3, 0.4) is 0 Å². The minimum Gasteiger partial charge on any atom is -0.493 e. The molecule has 1 aliphatic heterocycles. The molecule has 2 aliphatic carbocycles. The Labute approximate surface area is 195 Å².